The first-order chi connectivity index (χ1) is 12.6. The van der Waals surface area contributed by atoms with Gasteiger partial charge in [0.1, 0.15) is 0 Å². The molecule has 0 aromatic heterocycles. The van der Waals surface area contributed by atoms with Crippen LogP contribution in [0.3, 0.4) is 0 Å². The minimum Gasteiger partial charge on any atom is -0.379 e. The molecule has 6 nitrogen and oxygen atoms in total. The van der Waals surface area contributed by atoms with Gasteiger partial charge in [-0.15, -0.1) is 0 Å². The van der Waals surface area contributed by atoms with Crippen molar-refractivity contribution in [2.75, 3.05) is 39.9 Å². The molecule has 1 aliphatic heterocycles. The highest BCUT2D eigenvalue weighted by atomic mass is 16.5. The first-order valence-corrected chi connectivity index (χ1v) is 9.37. The van der Waals surface area contributed by atoms with Crippen molar-refractivity contribution in [3.63, 3.8) is 0 Å². The highest BCUT2D eigenvalue weighted by Crippen LogP contribution is 2.13. The Labute approximate surface area is 157 Å². The Bertz CT molecular complexity index is 617. The van der Waals surface area contributed by atoms with Crippen LogP contribution >= 0.6 is 0 Å². The Kier molecular flexibility index (Phi) is 8.39. The molecule has 0 bridgehead atoms. The number of hydrogen-bond acceptors (Lipinski definition) is 4. The predicted molar refractivity (Wildman–Crippen MR) is 105 cm³/mol. The second-order valence-electron chi connectivity index (χ2n) is 7.05. The van der Waals surface area contributed by atoms with Crippen molar-refractivity contribution in [2.45, 2.75) is 32.9 Å². The lowest BCUT2D eigenvalue weighted by molar-refractivity contribution is 0.0132. The maximum absolute atomic E-state index is 9.01. The highest BCUT2D eigenvalue weighted by molar-refractivity contribution is 5.79. The van der Waals surface area contributed by atoms with Gasteiger partial charge in [-0.2, -0.15) is 5.26 Å². The van der Waals surface area contributed by atoms with E-state index in [1.807, 2.05) is 24.3 Å². The molecule has 1 atom stereocenters. The summed E-state index contributed by atoms with van der Waals surface area (Å²) in [5.41, 5.74) is 1.75. The summed E-state index contributed by atoms with van der Waals surface area (Å²) in [6.45, 7) is 9.65. The summed E-state index contributed by atoms with van der Waals surface area (Å²) in [6, 6.07) is 10.3. The highest BCUT2D eigenvalue weighted by Gasteiger charge is 2.22. The van der Waals surface area contributed by atoms with Crippen LogP contribution in [0.15, 0.2) is 29.3 Å². The molecule has 1 saturated heterocycles. The number of morpholine rings is 1. The first-order valence-electron chi connectivity index (χ1n) is 9.37. The van der Waals surface area contributed by atoms with E-state index in [-0.39, 0.29) is 0 Å². The van der Waals surface area contributed by atoms with E-state index in [9.17, 15) is 0 Å². The van der Waals surface area contributed by atoms with E-state index in [1.54, 1.807) is 7.05 Å². The summed E-state index contributed by atoms with van der Waals surface area (Å²) in [4.78, 5) is 6.84. The number of nitrogens with one attached hydrogen (secondary N) is 2. The van der Waals surface area contributed by atoms with E-state index in [4.69, 9.17) is 10.00 Å². The second-order valence-corrected chi connectivity index (χ2v) is 7.05. The van der Waals surface area contributed by atoms with Crippen molar-refractivity contribution < 1.29 is 4.74 Å². The standard InChI is InChI=1S/C20H31N5O/c1-16(2)11-19(25-7-9-26-10-8-25)15-24-20(22-3)23-14-18-6-4-5-17(12-18)13-21/h4-6,12,16,19H,7-11,14-15H2,1-3H3,(H2,22,23,24). The van der Waals surface area contributed by atoms with E-state index in [2.05, 4.69) is 40.4 Å². The van der Waals surface area contributed by atoms with E-state index in [0.717, 1.165) is 50.8 Å². The molecule has 0 radical (unpaired) electrons. The van der Waals surface area contributed by atoms with E-state index < -0.39 is 0 Å². The molecule has 26 heavy (non-hydrogen) atoms. The molecule has 0 aliphatic carbocycles. The van der Waals surface area contributed by atoms with E-state index in [0.29, 0.717) is 24.1 Å². The maximum atomic E-state index is 9.01. The summed E-state index contributed by atoms with van der Waals surface area (Å²) in [5, 5.41) is 15.8. The van der Waals surface area contributed by atoms with Gasteiger partial charge in [0, 0.05) is 39.3 Å². The van der Waals surface area contributed by atoms with Crippen molar-refractivity contribution >= 4 is 5.96 Å². The van der Waals surface area contributed by atoms with Gasteiger partial charge in [-0.25, -0.2) is 0 Å². The molecule has 1 aromatic rings. The van der Waals surface area contributed by atoms with Crippen LogP contribution in [0.4, 0.5) is 0 Å². The van der Waals surface area contributed by atoms with E-state index in [1.165, 1.54) is 0 Å². The number of rotatable bonds is 7. The Morgan fingerprint density at radius 1 is 1.31 bits per heavy atom. The SMILES string of the molecule is CN=C(NCc1cccc(C#N)c1)NCC(CC(C)C)N1CCOCC1. The summed E-state index contributed by atoms with van der Waals surface area (Å²) in [7, 11) is 1.78. The molecule has 1 heterocycles. The molecule has 1 aliphatic rings. The topological polar surface area (TPSA) is 72.7 Å². The third-order valence-electron chi connectivity index (χ3n) is 4.55. The molecule has 142 valence electrons. The Morgan fingerprint density at radius 3 is 2.73 bits per heavy atom. The minimum atomic E-state index is 0.472. The van der Waals surface area contributed by atoms with Crippen LogP contribution in [-0.4, -0.2) is 56.8 Å². The molecule has 1 fully saturated rings. The summed E-state index contributed by atoms with van der Waals surface area (Å²) < 4.78 is 5.49. The van der Waals surface area contributed by atoms with Gasteiger partial charge in [0.2, 0.25) is 0 Å². The van der Waals surface area contributed by atoms with Gasteiger partial charge in [-0.3, -0.25) is 9.89 Å². The van der Waals surface area contributed by atoms with Crippen LogP contribution in [0.25, 0.3) is 0 Å². The van der Waals surface area contributed by atoms with Gasteiger partial charge in [-0.05, 0) is 30.0 Å². The number of nitrogens with zero attached hydrogens (tertiary/aromatic N) is 3. The van der Waals surface area contributed by atoms with Crippen molar-refractivity contribution in [1.29, 1.82) is 5.26 Å². The Hall–Kier alpha value is -2.10. The smallest absolute Gasteiger partial charge is 0.191 e. The van der Waals surface area contributed by atoms with Gasteiger partial charge >= 0.3 is 0 Å². The molecule has 0 saturated carbocycles. The van der Waals surface area contributed by atoms with Crippen LogP contribution in [-0.2, 0) is 11.3 Å². The average molecular weight is 358 g/mol. The largest absolute Gasteiger partial charge is 0.379 e. The van der Waals surface area contributed by atoms with Crippen LogP contribution < -0.4 is 10.6 Å². The van der Waals surface area contributed by atoms with Crippen molar-refractivity contribution in [2.24, 2.45) is 10.9 Å². The lowest BCUT2D eigenvalue weighted by Crippen LogP contribution is -2.50. The molecule has 2 rings (SSSR count). The van der Waals surface area contributed by atoms with Crippen LogP contribution in [0, 0.1) is 17.2 Å². The zero-order valence-electron chi connectivity index (χ0n) is 16.2. The Morgan fingerprint density at radius 2 is 2.08 bits per heavy atom. The van der Waals surface area contributed by atoms with Gasteiger partial charge < -0.3 is 15.4 Å². The number of hydrogen-bond donors (Lipinski definition) is 2. The quantitative estimate of drug-likeness (QED) is 0.577. The van der Waals surface area contributed by atoms with Crippen LogP contribution in [0.2, 0.25) is 0 Å². The monoisotopic (exact) mass is 357 g/mol. The normalized spacial score (nSPS) is 17.0. The molecule has 0 amide bonds. The molecule has 1 aromatic carbocycles. The fourth-order valence-corrected chi connectivity index (χ4v) is 3.22. The second kappa shape index (κ2) is 10.8. The molecule has 2 N–H and O–H groups in total. The third-order valence-corrected chi connectivity index (χ3v) is 4.55. The zero-order chi connectivity index (χ0) is 18.8. The molecular formula is C20H31N5O. The lowest BCUT2D eigenvalue weighted by Gasteiger charge is -2.35. The van der Waals surface area contributed by atoms with Gasteiger partial charge in [-0.1, -0.05) is 26.0 Å². The predicted octanol–water partition coefficient (Wildman–Crippen LogP) is 1.97. The number of benzene rings is 1. The minimum absolute atomic E-state index is 0.472. The maximum Gasteiger partial charge on any atom is 0.191 e. The summed E-state index contributed by atoms with van der Waals surface area (Å²) in [6.07, 6.45) is 1.15. The fraction of sp³-hybridized carbons (Fsp3) is 0.600. The average Bonchev–Trinajstić information content (AvgIpc) is 2.67. The fourth-order valence-electron chi connectivity index (χ4n) is 3.22. The molecular weight excluding hydrogens is 326 g/mol. The van der Waals surface area contributed by atoms with Crippen LogP contribution in [0.5, 0.6) is 0 Å². The number of ether oxygens (including phenoxy) is 1. The van der Waals surface area contributed by atoms with Gasteiger partial charge in [0.25, 0.3) is 0 Å². The number of nitriles is 1. The van der Waals surface area contributed by atoms with Crippen molar-refractivity contribution in [3.05, 3.63) is 35.4 Å². The van der Waals surface area contributed by atoms with Crippen molar-refractivity contribution in [3.8, 4) is 6.07 Å². The first kappa shape index (κ1) is 20.2. The van der Waals surface area contributed by atoms with Gasteiger partial charge in [0.05, 0.1) is 24.8 Å². The molecule has 0 spiro atoms. The van der Waals surface area contributed by atoms with E-state index >= 15 is 0 Å². The molecule has 6 heteroatoms. The third kappa shape index (κ3) is 6.66. The van der Waals surface area contributed by atoms with Gasteiger partial charge in [0.15, 0.2) is 5.96 Å². The number of guanidine groups is 1. The zero-order valence-corrected chi connectivity index (χ0v) is 16.2. The summed E-state index contributed by atoms with van der Waals surface area (Å²) in [5.74, 6) is 1.43. The summed E-state index contributed by atoms with van der Waals surface area (Å²) >= 11 is 0. The van der Waals surface area contributed by atoms with Crippen molar-refractivity contribution in [1.82, 2.24) is 15.5 Å². The lowest BCUT2D eigenvalue weighted by atomic mass is 10.0. The Balaban J connectivity index is 1.87. The molecule has 1 unspecified atom stereocenters. The number of aliphatic imine (C=N–C) groups is 1. The van der Waals surface area contributed by atoms with Crippen LogP contribution in [0.1, 0.15) is 31.4 Å².